The summed E-state index contributed by atoms with van der Waals surface area (Å²) in [5.74, 6) is 0.669. The lowest BCUT2D eigenvalue weighted by Gasteiger charge is -2.20. The number of hydrogen-bond acceptors (Lipinski definition) is 4. The molecule has 12 aromatic rings. The molecule has 302 valence electrons. The van der Waals surface area contributed by atoms with E-state index in [1.807, 2.05) is 24.3 Å². The van der Waals surface area contributed by atoms with E-state index < -0.39 is 0 Å². The van der Waals surface area contributed by atoms with Crippen LogP contribution in [-0.4, -0.2) is 16.1 Å². The van der Waals surface area contributed by atoms with E-state index in [0.717, 1.165) is 99.8 Å². The van der Waals surface area contributed by atoms with Gasteiger partial charge in [-0.25, -0.2) is 9.98 Å². The Labute approximate surface area is 368 Å². The monoisotopic (exact) mass is 821 g/mol. The van der Waals surface area contributed by atoms with Gasteiger partial charge in [-0.15, -0.1) is 0 Å². The van der Waals surface area contributed by atoms with Crippen molar-refractivity contribution in [1.29, 1.82) is 0 Å². The van der Waals surface area contributed by atoms with Gasteiger partial charge in [-0.1, -0.05) is 159 Å². The van der Waals surface area contributed by atoms with Gasteiger partial charge in [0.25, 0.3) is 0 Å². The lowest BCUT2D eigenvalue weighted by atomic mass is 9.90. The Bertz CT molecular complexity index is 3940. The molecular formula is C59H39N3O2. The minimum absolute atomic E-state index is 0.0290. The minimum atomic E-state index is 0.0290. The molecular weight excluding hydrogens is 783 g/mol. The second-order valence-electron chi connectivity index (χ2n) is 16.9. The predicted octanol–water partition coefficient (Wildman–Crippen LogP) is 15.7. The number of hydrogen-bond donors (Lipinski definition) is 0. The van der Waals surface area contributed by atoms with Crippen molar-refractivity contribution in [3.05, 3.63) is 217 Å². The number of amidine groups is 1. The Morgan fingerprint density at radius 1 is 0.453 bits per heavy atom. The topological polar surface area (TPSA) is 55.9 Å². The number of aliphatic imine (C=N–C) groups is 2. The second kappa shape index (κ2) is 14.4. The Morgan fingerprint density at radius 2 is 1.09 bits per heavy atom. The highest BCUT2D eigenvalue weighted by molar-refractivity contribution is 6.23. The summed E-state index contributed by atoms with van der Waals surface area (Å²) in [7, 11) is 0. The summed E-state index contributed by atoms with van der Waals surface area (Å²) >= 11 is 0. The SMILES string of the molecule is CC1C/C=C(\c2cc3oc4ccccc4c3cc2-n2c3ccccc3c3cc4ccccc4cc32)N=C(c2ccc(-c3ccccc3)cc2)N=C1c1cccc2oc3ccccc3c12. The van der Waals surface area contributed by atoms with Gasteiger partial charge < -0.3 is 13.4 Å². The lowest BCUT2D eigenvalue weighted by molar-refractivity contribution is 0.668. The molecule has 1 aliphatic heterocycles. The quantitative estimate of drug-likeness (QED) is 0.174. The first-order chi connectivity index (χ1) is 31.6. The number of para-hydroxylation sites is 3. The molecule has 0 fully saturated rings. The fourth-order valence-corrected chi connectivity index (χ4v) is 9.93. The summed E-state index contributed by atoms with van der Waals surface area (Å²) in [5, 5.41) is 9.10. The van der Waals surface area contributed by atoms with Gasteiger partial charge in [0.2, 0.25) is 0 Å². The summed E-state index contributed by atoms with van der Waals surface area (Å²) in [6.07, 6.45) is 3.02. The first-order valence-corrected chi connectivity index (χ1v) is 21.9. The van der Waals surface area contributed by atoms with Crippen molar-refractivity contribution in [2.45, 2.75) is 13.3 Å². The van der Waals surface area contributed by atoms with E-state index in [9.17, 15) is 0 Å². The van der Waals surface area contributed by atoms with E-state index >= 15 is 0 Å². The number of aromatic nitrogens is 1. The first kappa shape index (κ1) is 36.4. The number of allylic oxidation sites excluding steroid dienone is 1. The van der Waals surface area contributed by atoms with Crippen LogP contribution in [0.1, 0.15) is 30.0 Å². The van der Waals surface area contributed by atoms with Gasteiger partial charge in [0.15, 0.2) is 5.84 Å². The average Bonchev–Trinajstić information content (AvgIpc) is 4.01. The molecule has 9 aromatic carbocycles. The summed E-state index contributed by atoms with van der Waals surface area (Å²) < 4.78 is 15.5. The van der Waals surface area contributed by atoms with Gasteiger partial charge in [-0.05, 0) is 76.9 Å². The van der Waals surface area contributed by atoms with E-state index in [-0.39, 0.29) is 5.92 Å². The second-order valence-corrected chi connectivity index (χ2v) is 16.9. The van der Waals surface area contributed by atoms with Gasteiger partial charge in [-0.2, -0.15) is 0 Å². The predicted molar refractivity (Wildman–Crippen MR) is 266 cm³/mol. The Balaban J connectivity index is 1.09. The molecule has 5 heteroatoms. The number of furan rings is 2. The molecule has 0 radical (unpaired) electrons. The summed E-state index contributed by atoms with van der Waals surface area (Å²) in [6, 6.07) is 68.6. The Kier molecular flexibility index (Phi) is 8.19. The fraction of sp³-hybridized carbons (Fsp3) is 0.0508. The normalized spacial score (nSPS) is 15.5. The maximum Gasteiger partial charge on any atom is 0.160 e. The summed E-state index contributed by atoms with van der Waals surface area (Å²) in [5.41, 5.74) is 13.7. The van der Waals surface area contributed by atoms with Crippen molar-refractivity contribution in [2.24, 2.45) is 15.9 Å². The first-order valence-electron chi connectivity index (χ1n) is 21.9. The van der Waals surface area contributed by atoms with E-state index in [1.165, 1.54) is 21.5 Å². The Hall–Kier alpha value is -8.28. The molecule has 1 unspecified atom stereocenters. The standard InChI is InChI=1S/C59H39N3O2/c1-36-26-31-49(60-59(39-29-27-38(28-30-39)37-14-3-2-4-15-37)61-58(36)45-21-13-25-55-57(45)44-20-9-12-24-54(44)63-55)48-35-56-47(43-19-8-11-23-53(43)64-56)34-52(48)62-50-22-10-7-18-42(50)46-32-40-16-5-6-17-41(40)33-51(46)62/h2-25,27-36H,26H2,1H3/b49-31+,60-59?,61-58?. The van der Waals surface area contributed by atoms with Crippen LogP contribution in [0.3, 0.4) is 0 Å². The molecule has 0 saturated carbocycles. The third-order valence-electron chi connectivity index (χ3n) is 13.1. The van der Waals surface area contributed by atoms with Crippen molar-refractivity contribution in [3.63, 3.8) is 0 Å². The number of rotatable bonds is 5. The molecule has 64 heavy (non-hydrogen) atoms. The smallest absolute Gasteiger partial charge is 0.160 e. The van der Waals surface area contributed by atoms with Crippen molar-refractivity contribution in [1.82, 2.24) is 4.57 Å². The number of benzene rings is 9. The van der Waals surface area contributed by atoms with Crippen molar-refractivity contribution >= 4 is 93.7 Å². The Morgan fingerprint density at radius 3 is 1.92 bits per heavy atom. The van der Waals surface area contributed by atoms with Crippen LogP contribution in [0.2, 0.25) is 0 Å². The molecule has 0 spiro atoms. The molecule has 0 aliphatic carbocycles. The average molecular weight is 822 g/mol. The van der Waals surface area contributed by atoms with Crippen LogP contribution in [0.25, 0.3) is 99.0 Å². The minimum Gasteiger partial charge on any atom is -0.456 e. The van der Waals surface area contributed by atoms with Gasteiger partial charge in [0, 0.05) is 54.9 Å². The van der Waals surface area contributed by atoms with Crippen LogP contribution >= 0.6 is 0 Å². The van der Waals surface area contributed by atoms with E-state index in [2.05, 4.69) is 187 Å². The van der Waals surface area contributed by atoms with E-state index in [0.29, 0.717) is 12.3 Å². The molecule has 0 saturated heterocycles. The third-order valence-corrected chi connectivity index (χ3v) is 13.1. The van der Waals surface area contributed by atoms with Gasteiger partial charge in [0.05, 0.1) is 28.1 Å². The number of nitrogens with zero attached hydrogens (tertiary/aromatic N) is 3. The maximum absolute atomic E-state index is 6.65. The molecule has 0 bridgehead atoms. The van der Waals surface area contributed by atoms with Crippen molar-refractivity contribution < 1.29 is 8.83 Å². The molecule has 5 nitrogen and oxygen atoms in total. The third kappa shape index (κ3) is 5.78. The van der Waals surface area contributed by atoms with Crippen LogP contribution in [-0.2, 0) is 0 Å². The lowest BCUT2D eigenvalue weighted by Crippen LogP contribution is -2.17. The van der Waals surface area contributed by atoms with Crippen molar-refractivity contribution in [2.75, 3.05) is 0 Å². The molecule has 3 aromatic heterocycles. The highest BCUT2D eigenvalue weighted by atomic mass is 16.3. The van der Waals surface area contributed by atoms with Crippen LogP contribution in [0, 0.1) is 5.92 Å². The maximum atomic E-state index is 6.65. The van der Waals surface area contributed by atoms with Gasteiger partial charge >= 0.3 is 0 Å². The zero-order valence-corrected chi connectivity index (χ0v) is 35.0. The van der Waals surface area contributed by atoms with Crippen molar-refractivity contribution in [3.8, 4) is 16.8 Å². The zero-order valence-electron chi connectivity index (χ0n) is 35.0. The van der Waals surface area contributed by atoms with E-state index in [1.54, 1.807) is 0 Å². The molecule has 13 rings (SSSR count). The highest BCUT2D eigenvalue weighted by Crippen LogP contribution is 2.42. The molecule has 4 heterocycles. The van der Waals surface area contributed by atoms with Crippen LogP contribution in [0.4, 0.5) is 0 Å². The van der Waals surface area contributed by atoms with E-state index in [4.69, 9.17) is 18.8 Å². The molecule has 1 aliphatic rings. The van der Waals surface area contributed by atoms with Crippen LogP contribution in [0.15, 0.2) is 219 Å². The largest absolute Gasteiger partial charge is 0.456 e. The fourth-order valence-electron chi connectivity index (χ4n) is 9.93. The zero-order chi connectivity index (χ0) is 42.3. The molecule has 0 N–H and O–H groups in total. The number of fused-ring (bicyclic) bond motifs is 10. The van der Waals surface area contributed by atoms with Gasteiger partial charge in [0.1, 0.15) is 22.3 Å². The van der Waals surface area contributed by atoms with Crippen LogP contribution in [0.5, 0.6) is 0 Å². The molecule has 0 amide bonds. The molecule has 1 atom stereocenters. The summed E-state index contributed by atoms with van der Waals surface area (Å²) in [4.78, 5) is 11.3. The van der Waals surface area contributed by atoms with Crippen LogP contribution < -0.4 is 0 Å². The summed E-state index contributed by atoms with van der Waals surface area (Å²) in [6.45, 7) is 2.27. The highest BCUT2D eigenvalue weighted by Gasteiger charge is 2.25. The van der Waals surface area contributed by atoms with Gasteiger partial charge in [-0.3, -0.25) is 0 Å².